The fraction of sp³-hybridized carbons (Fsp3) is 0.240. The number of anilines is 2. The second-order valence-corrected chi connectivity index (χ2v) is 7.94. The van der Waals surface area contributed by atoms with Gasteiger partial charge in [-0.3, -0.25) is 0 Å². The first kappa shape index (κ1) is 20.9. The van der Waals surface area contributed by atoms with Gasteiger partial charge in [-0.15, -0.1) is 0 Å². The Labute approximate surface area is 192 Å². The average Bonchev–Trinajstić information content (AvgIpc) is 3.26. The summed E-state index contributed by atoms with van der Waals surface area (Å²) in [5, 5.41) is 4.67. The Hall–Kier alpha value is -3.94. The van der Waals surface area contributed by atoms with Crippen LogP contribution in [0, 0.1) is 12.7 Å². The molecule has 0 N–H and O–H groups in total. The summed E-state index contributed by atoms with van der Waals surface area (Å²) < 4.78 is 21.2. The largest absolute Gasteiger partial charge is 0.497 e. The van der Waals surface area contributed by atoms with E-state index in [4.69, 9.17) is 9.72 Å². The lowest BCUT2D eigenvalue weighted by Gasteiger charge is -2.36. The molecular weight excluding hydrogens is 419 g/mol. The smallest absolute Gasteiger partial charge is 0.225 e. The van der Waals surface area contributed by atoms with Crippen LogP contribution in [0.25, 0.3) is 16.9 Å². The molecule has 1 saturated heterocycles. The van der Waals surface area contributed by atoms with E-state index in [-0.39, 0.29) is 5.82 Å². The van der Waals surface area contributed by atoms with Crippen LogP contribution in [0.15, 0.2) is 67.0 Å². The minimum absolute atomic E-state index is 0.187. The van der Waals surface area contributed by atoms with Crippen molar-refractivity contribution in [2.24, 2.45) is 0 Å². The predicted octanol–water partition coefficient (Wildman–Crippen LogP) is 4.11. The first-order valence-electron chi connectivity index (χ1n) is 10.9. The van der Waals surface area contributed by atoms with E-state index in [1.54, 1.807) is 19.4 Å². The van der Waals surface area contributed by atoms with Crippen molar-refractivity contribution in [3.63, 3.8) is 0 Å². The normalized spacial score (nSPS) is 13.9. The molecule has 5 rings (SSSR count). The molecule has 0 spiro atoms. The molecule has 0 unspecified atom stereocenters. The topological polar surface area (TPSA) is 59.3 Å². The molecule has 0 radical (unpaired) electrons. The maximum absolute atomic E-state index is 14.1. The molecule has 0 amide bonds. The van der Waals surface area contributed by atoms with Gasteiger partial charge in [-0.2, -0.15) is 5.10 Å². The molecule has 168 valence electrons. The van der Waals surface area contributed by atoms with Crippen molar-refractivity contribution in [2.75, 3.05) is 43.1 Å². The SMILES string of the molecule is COc1ccc(-n2cc(-c3ccnc(N4CCN(c5ccccc5F)CC4)n3)c(C)n2)cc1. The average molecular weight is 445 g/mol. The van der Waals surface area contributed by atoms with E-state index in [9.17, 15) is 4.39 Å². The molecule has 0 saturated carbocycles. The van der Waals surface area contributed by atoms with E-state index < -0.39 is 0 Å². The molecule has 3 heterocycles. The van der Waals surface area contributed by atoms with Gasteiger partial charge in [0.1, 0.15) is 11.6 Å². The van der Waals surface area contributed by atoms with E-state index in [2.05, 4.69) is 19.9 Å². The number of nitrogens with zero attached hydrogens (tertiary/aromatic N) is 6. The number of piperazine rings is 1. The van der Waals surface area contributed by atoms with Crippen molar-refractivity contribution in [1.29, 1.82) is 0 Å². The highest BCUT2D eigenvalue weighted by molar-refractivity contribution is 5.63. The number of halogens is 1. The number of methoxy groups -OCH3 is 1. The van der Waals surface area contributed by atoms with E-state index in [1.807, 2.05) is 60.3 Å². The van der Waals surface area contributed by atoms with Crippen LogP contribution >= 0.6 is 0 Å². The Morgan fingerprint density at radius 2 is 1.64 bits per heavy atom. The maximum atomic E-state index is 14.1. The Morgan fingerprint density at radius 1 is 0.909 bits per heavy atom. The summed E-state index contributed by atoms with van der Waals surface area (Å²) in [7, 11) is 1.65. The third-order valence-electron chi connectivity index (χ3n) is 5.91. The van der Waals surface area contributed by atoms with Gasteiger partial charge in [-0.25, -0.2) is 19.0 Å². The number of benzene rings is 2. The summed E-state index contributed by atoms with van der Waals surface area (Å²) in [6, 6.07) is 16.6. The second-order valence-electron chi connectivity index (χ2n) is 7.94. The lowest BCUT2D eigenvalue weighted by atomic mass is 10.2. The van der Waals surface area contributed by atoms with Crippen LogP contribution in [0.4, 0.5) is 16.0 Å². The van der Waals surface area contributed by atoms with E-state index in [0.717, 1.165) is 41.5 Å². The van der Waals surface area contributed by atoms with Crippen LogP contribution in [-0.4, -0.2) is 53.0 Å². The van der Waals surface area contributed by atoms with Crippen molar-refractivity contribution < 1.29 is 9.13 Å². The molecule has 4 aromatic rings. The van der Waals surface area contributed by atoms with Gasteiger partial charge in [0.2, 0.25) is 5.95 Å². The van der Waals surface area contributed by atoms with Crippen molar-refractivity contribution in [3.05, 3.63) is 78.5 Å². The van der Waals surface area contributed by atoms with Crippen molar-refractivity contribution in [3.8, 4) is 22.7 Å². The van der Waals surface area contributed by atoms with Gasteiger partial charge in [-0.05, 0) is 49.4 Å². The highest BCUT2D eigenvalue weighted by atomic mass is 19.1. The number of rotatable bonds is 5. The minimum atomic E-state index is -0.187. The van der Waals surface area contributed by atoms with Gasteiger partial charge in [0.15, 0.2) is 0 Å². The first-order chi connectivity index (χ1) is 16.1. The fourth-order valence-electron chi connectivity index (χ4n) is 4.09. The second kappa shape index (κ2) is 8.90. The zero-order valence-electron chi connectivity index (χ0n) is 18.6. The monoisotopic (exact) mass is 444 g/mol. The number of aryl methyl sites for hydroxylation is 1. The summed E-state index contributed by atoms with van der Waals surface area (Å²) in [4.78, 5) is 13.5. The summed E-state index contributed by atoms with van der Waals surface area (Å²) in [5.41, 5.74) is 4.27. The van der Waals surface area contributed by atoms with Crippen LogP contribution in [0.3, 0.4) is 0 Å². The van der Waals surface area contributed by atoms with Crippen molar-refractivity contribution in [2.45, 2.75) is 6.92 Å². The van der Waals surface area contributed by atoms with E-state index >= 15 is 0 Å². The molecule has 0 aliphatic carbocycles. The lowest BCUT2D eigenvalue weighted by molar-refractivity contribution is 0.414. The van der Waals surface area contributed by atoms with Crippen LogP contribution < -0.4 is 14.5 Å². The fourth-order valence-corrected chi connectivity index (χ4v) is 4.09. The third-order valence-corrected chi connectivity index (χ3v) is 5.91. The summed E-state index contributed by atoms with van der Waals surface area (Å²) in [5.74, 6) is 1.30. The molecule has 1 aliphatic rings. The van der Waals surface area contributed by atoms with Crippen molar-refractivity contribution in [1.82, 2.24) is 19.7 Å². The Morgan fingerprint density at radius 3 is 2.36 bits per heavy atom. The van der Waals surface area contributed by atoms with Gasteiger partial charge >= 0.3 is 0 Å². The molecule has 0 atom stereocenters. The minimum Gasteiger partial charge on any atom is -0.497 e. The molecule has 7 nitrogen and oxygen atoms in total. The first-order valence-corrected chi connectivity index (χ1v) is 10.9. The summed E-state index contributed by atoms with van der Waals surface area (Å²) in [6.07, 6.45) is 3.77. The predicted molar refractivity (Wildman–Crippen MR) is 127 cm³/mol. The molecule has 2 aromatic carbocycles. The van der Waals surface area contributed by atoms with E-state index in [1.165, 1.54) is 6.07 Å². The number of para-hydroxylation sites is 1. The van der Waals surface area contributed by atoms with Gasteiger partial charge in [0.25, 0.3) is 0 Å². The van der Waals surface area contributed by atoms with Gasteiger partial charge in [-0.1, -0.05) is 12.1 Å². The summed E-state index contributed by atoms with van der Waals surface area (Å²) in [6.45, 7) is 4.85. The number of aromatic nitrogens is 4. The zero-order valence-corrected chi connectivity index (χ0v) is 18.6. The summed E-state index contributed by atoms with van der Waals surface area (Å²) >= 11 is 0. The van der Waals surface area contributed by atoms with Crippen LogP contribution in [0.2, 0.25) is 0 Å². The molecule has 1 fully saturated rings. The maximum Gasteiger partial charge on any atom is 0.225 e. The van der Waals surface area contributed by atoms with Gasteiger partial charge in [0.05, 0.1) is 29.9 Å². The highest BCUT2D eigenvalue weighted by Gasteiger charge is 2.21. The molecule has 33 heavy (non-hydrogen) atoms. The highest BCUT2D eigenvalue weighted by Crippen LogP contribution is 2.26. The standard InChI is InChI=1S/C25H25FN6O/c1-18-21(17-32(29-18)19-7-9-20(33-2)10-8-19)23-11-12-27-25(28-23)31-15-13-30(14-16-31)24-6-4-3-5-22(24)26/h3-12,17H,13-16H2,1-2H3. The van der Waals surface area contributed by atoms with Crippen LogP contribution in [0.1, 0.15) is 5.69 Å². The molecule has 0 bridgehead atoms. The zero-order chi connectivity index (χ0) is 22.8. The quantitative estimate of drug-likeness (QED) is 0.462. The van der Waals surface area contributed by atoms with E-state index in [0.29, 0.717) is 24.7 Å². The molecule has 8 heteroatoms. The van der Waals surface area contributed by atoms with Gasteiger partial charge in [0, 0.05) is 44.1 Å². The number of ether oxygens (including phenoxy) is 1. The van der Waals surface area contributed by atoms with Crippen molar-refractivity contribution >= 4 is 11.6 Å². The third kappa shape index (κ3) is 4.24. The van der Waals surface area contributed by atoms with Crippen LogP contribution in [0.5, 0.6) is 5.75 Å². The molecular formula is C25H25FN6O. The number of hydrogen-bond donors (Lipinski definition) is 0. The molecule has 2 aromatic heterocycles. The van der Waals surface area contributed by atoms with Crippen LogP contribution in [-0.2, 0) is 0 Å². The van der Waals surface area contributed by atoms with Gasteiger partial charge < -0.3 is 14.5 Å². The number of hydrogen-bond acceptors (Lipinski definition) is 6. The lowest BCUT2D eigenvalue weighted by Crippen LogP contribution is -2.47. The Kier molecular flexibility index (Phi) is 5.64. The Bertz CT molecular complexity index is 1250. The molecule has 1 aliphatic heterocycles. The Balaban J connectivity index is 1.34.